The molecule has 1 amide bonds. The maximum atomic E-state index is 11.6. The Morgan fingerprint density at radius 3 is 2.61 bits per heavy atom. The number of methoxy groups -OCH3 is 1. The van der Waals surface area contributed by atoms with Crippen LogP contribution in [0.25, 0.3) is 0 Å². The van der Waals surface area contributed by atoms with Crippen molar-refractivity contribution < 1.29 is 9.53 Å². The van der Waals surface area contributed by atoms with Gasteiger partial charge in [0.1, 0.15) is 5.75 Å². The van der Waals surface area contributed by atoms with Gasteiger partial charge in [-0.15, -0.1) is 0 Å². The van der Waals surface area contributed by atoms with Crippen molar-refractivity contribution in [2.45, 2.75) is 13.3 Å². The fourth-order valence-corrected chi connectivity index (χ4v) is 1.93. The summed E-state index contributed by atoms with van der Waals surface area (Å²) in [6, 6.07) is 7.32. The number of amides is 1. The maximum Gasteiger partial charge on any atom is 0.238 e. The highest BCUT2D eigenvalue weighted by molar-refractivity contribution is 5.92. The van der Waals surface area contributed by atoms with Gasteiger partial charge in [0.2, 0.25) is 5.91 Å². The van der Waals surface area contributed by atoms with E-state index < -0.39 is 0 Å². The molecule has 1 aromatic carbocycles. The molecular weight excluding hydrogens is 228 g/mol. The molecule has 4 nitrogen and oxygen atoms in total. The zero-order valence-electron chi connectivity index (χ0n) is 10.9. The molecule has 0 aliphatic heterocycles. The van der Waals surface area contributed by atoms with E-state index in [9.17, 15) is 4.79 Å². The average Bonchev–Trinajstić information content (AvgIpc) is 3.06. The van der Waals surface area contributed by atoms with Crippen LogP contribution in [0.15, 0.2) is 24.3 Å². The van der Waals surface area contributed by atoms with Crippen molar-refractivity contribution >= 4 is 11.6 Å². The number of rotatable bonds is 6. The minimum absolute atomic E-state index is 0.00605. The summed E-state index contributed by atoms with van der Waals surface area (Å²) in [6.07, 6.45) is 1.28. The van der Waals surface area contributed by atoms with Crippen LogP contribution in [0.3, 0.4) is 0 Å². The predicted molar refractivity (Wildman–Crippen MR) is 71.8 cm³/mol. The Morgan fingerprint density at radius 2 is 2.06 bits per heavy atom. The monoisotopic (exact) mass is 248 g/mol. The number of benzene rings is 1. The summed E-state index contributed by atoms with van der Waals surface area (Å²) in [5.41, 5.74) is 0.794. The summed E-state index contributed by atoms with van der Waals surface area (Å²) < 4.78 is 5.06. The third-order valence-electron chi connectivity index (χ3n) is 3.34. The molecule has 4 heteroatoms. The lowest BCUT2D eigenvalue weighted by atomic mass is 10.3. The van der Waals surface area contributed by atoms with E-state index in [1.807, 2.05) is 24.3 Å². The molecule has 18 heavy (non-hydrogen) atoms. The van der Waals surface area contributed by atoms with Crippen LogP contribution >= 0.6 is 0 Å². The highest BCUT2D eigenvalue weighted by Gasteiger charge is 2.31. The molecule has 2 rings (SSSR count). The SMILES string of the molecule is COc1ccc(NC(=O)CNCC2CC2C)cc1. The van der Waals surface area contributed by atoms with Gasteiger partial charge in [-0.25, -0.2) is 0 Å². The molecule has 0 radical (unpaired) electrons. The molecule has 0 aromatic heterocycles. The molecule has 2 atom stereocenters. The normalized spacial score (nSPS) is 21.4. The molecule has 0 heterocycles. The van der Waals surface area contributed by atoms with E-state index in [2.05, 4.69) is 17.6 Å². The number of ether oxygens (including phenoxy) is 1. The van der Waals surface area contributed by atoms with Gasteiger partial charge in [-0.3, -0.25) is 4.79 Å². The van der Waals surface area contributed by atoms with Gasteiger partial charge in [0.25, 0.3) is 0 Å². The quantitative estimate of drug-likeness (QED) is 0.808. The zero-order valence-corrected chi connectivity index (χ0v) is 10.9. The van der Waals surface area contributed by atoms with Crippen molar-refractivity contribution in [1.29, 1.82) is 0 Å². The van der Waals surface area contributed by atoms with Crippen LogP contribution in [-0.2, 0) is 4.79 Å². The highest BCUT2D eigenvalue weighted by Crippen LogP contribution is 2.36. The summed E-state index contributed by atoms with van der Waals surface area (Å²) in [7, 11) is 1.62. The van der Waals surface area contributed by atoms with E-state index in [1.54, 1.807) is 7.11 Å². The second-order valence-corrected chi connectivity index (χ2v) is 4.88. The second-order valence-electron chi connectivity index (χ2n) is 4.88. The third-order valence-corrected chi connectivity index (χ3v) is 3.34. The third kappa shape index (κ3) is 3.74. The molecule has 1 fully saturated rings. The van der Waals surface area contributed by atoms with Gasteiger partial charge in [-0.2, -0.15) is 0 Å². The van der Waals surface area contributed by atoms with Gasteiger partial charge in [0.05, 0.1) is 13.7 Å². The van der Waals surface area contributed by atoms with Crippen LogP contribution in [0.5, 0.6) is 5.75 Å². The molecule has 0 spiro atoms. The van der Waals surface area contributed by atoms with E-state index >= 15 is 0 Å². The molecule has 1 saturated carbocycles. The molecule has 1 aromatic rings. The topological polar surface area (TPSA) is 50.4 Å². The Kier molecular flexibility index (Phi) is 4.20. The van der Waals surface area contributed by atoms with Gasteiger partial charge in [0, 0.05) is 5.69 Å². The lowest BCUT2D eigenvalue weighted by molar-refractivity contribution is -0.115. The van der Waals surface area contributed by atoms with Gasteiger partial charge in [0.15, 0.2) is 0 Å². The first-order valence-corrected chi connectivity index (χ1v) is 6.33. The minimum atomic E-state index is -0.00605. The van der Waals surface area contributed by atoms with Crippen molar-refractivity contribution in [1.82, 2.24) is 5.32 Å². The minimum Gasteiger partial charge on any atom is -0.497 e. The predicted octanol–water partition coefficient (Wildman–Crippen LogP) is 1.88. The highest BCUT2D eigenvalue weighted by atomic mass is 16.5. The van der Waals surface area contributed by atoms with Crippen molar-refractivity contribution in [3.8, 4) is 5.75 Å². The first-order chi connectivity index (χ1) is 8.69. The van der Waals surface area contributed by atoms with Gasteiger partial charge in [-0.1, -0.05) is 6.92 Å². The van der Waals surface area contributed by atoms with Crippen molar-refractivity contribution in [2.75, 3.05) is 25.5 Å². The zero-order chi connectivity index (χ0) is 13.0. The van der Waals surface area contributed by atoms with Crippen LogP contribution in [-0.4, -0.2) is 26.1 Å². The number of carbonyl (C=O) groups is 1. The summed E-state index contributed by atoms with van der Waals surface area (Å²) in [6.45, 7) is 3.55. The van der Waals surface area contributed by atoms with Crippen LogP contribution < -0.4 is 15.4 Å². The van der Waals surface area contributed by atoms with E-state index in [1.165, 1.54) is 6.42 Å². The fraction of sp³-hybridized carbons (Fsp3) is 0.500. The first kappa shape index (κ1) is 12.9. The number of hydrogen-bond donors (Lipinski definition) is 2. The van der Waals surface area contributed by atoms with E-state index in [-0.39, 0.29) is 5.91 Å². The summed E-state index contributed by atoms with van der Waals surface area (Å²) in [5.74, 6) is 2.36. The lowest BCUT2D eigenvalue weighted by Crippen LogP contribution is -2.29. The fourth-order valence-electron chi connectivity index (χ4n) is 1.93. The average molecular weight is 248 g/mol. The first-order valence-electron chi connectivity index (χ1n) is 6.33. The molecule has 0 bridgehead atoms. The number of hydrogen-bond acceptors (Lipinski definition) is 3. The smallest absolute Gasteiger partial charge is 0.238 e. The van der Waals surface area contributed by atoms with Gasteiger partial charge >= 0.3 is 0 Å². The van der Waals surface area contributed by atoms with Crippen molar-refractivity contribution in [3.05, 3.63) is 24.3 Å². The summed E-state index contributed by atoms with van der Waals surface area (Å²) >= 11 is 0. The Bertz CT molecular complexity index is 403. The van der Waals surface area contributed by atoms with E-state index in [0.29, 0.717) is 6.54 Å². The van der Waals surface area contributed by atoms with E-state index in [4.69, 9.17) is 4.74 Å². The number of nitrogens with one attached hydrogen (secondary N) is 2. The Labute approximate surface area is 108 Å². The van der Waals surface area contributed by atoms with Crippen LogP contribution in [0.2, 0.25) is 0 Å². The lowest BCUT2D eigenvalue weighted by Gasteiger charge is -2.07. The largest absolute Gasteiger partial charge is 0.497 e. The Balaban J connectivity index is 1.69. The molecule has 0 saturated heterocycles. The molecule has 1 aliphatic carbocycles. The van der Waals surface area contributed by atoms with Crippen LogP contribution in [0.1, 0.15) is 13.3 Å². The second kappa shape index (κ2) is 5.87. The Hall–Kier alpha value is -1.55. The molecule has 2 unspecified atom stereocenters. The standard InChI is InChI=1S/C14H20N2O2/c1-10-7-11(10)8-15-9-14(17)16-12-3-5-13(18-2)6-4-12/h3-6,10-11,15H,7-9H2,1-2H3,(H,16,17). The van der Waals surface area contributed by atoms with Crippen LogP contribution in [0, 0.1) is 11.8 Å². The van der Waals surface area contributed by atoms with Crippen molar-refractivity contribution in [2.24, 2.45) is 11.8 Å². The van der Waals surface area contributed by atoms with Crippen molar-refractivity contribution in [3.63, 3.8) is 0 Å². The van der Waals surface area contributed by atoms with Gasteiger partial charge < -0.3 is 15.4 Å². The maximum absolute atomic E-state index is 11.6. The molecule has 2 N–H and O–H groups in total. The van der Waals surface area contributed by atoms with Crippen LogP contribution in [0.4, 0.5) is 5.69 Å². The van der Waals surface area contributed by atoms with E-state index in [0.717, 1.165) is 29.8 Å². The Morgan fingerprint density at radius 1 is 1.39 bits per heavy atom. The number of carbonyl (C=O) groups excluding carboxylic acids is 1. The summed E-state index contributed by atoms with van der Waals surface area (Å²) in [5, 5.41) is 6.03. The van der Waals surface area contributed by atoms with Gasteiger partial charge in [-0.05, 0) is 49.1 Å². The molecular formula is C14H20N2O2. The summed E-state index contributed by atoms with van der Waals surface area (Å²) in [4.78, 5) is 11.6. The molecule has 98 valence electrons. The molecule has 1 aliphatic rings. The number of anilines is 1.